The Bertz CT molecular complexity index is 868. The number of hydrogen-bond acceptors (Lipinski definition) is 6. The highest BCUT2D eigenvalue weighted by Crippen LogP contribution is 2.39. The number of fused-ring (bicyclic) bond motifs is 1. The highest BCUT2D eigenvalue weighted by atomic mass is 32.2. The molecule has 2 fully saturated rings. The molecule has 1 aliphatic heterocycles. The molecule has 0 radical (unpaired) electrons. The summed E-state index contributed by atoms with van der Waals surface area (Å²) in [5, 5.41) is 0. The van der Waals surface area contributed by atoms with Crippen LogP contribution >= 0.6 is 11.8 Å². The fraction of sp³-hybridized carbons (Fsp3) is 0.625. The molecule has 1 saturated carbocycles. The van der Waals surface area contributed by atoms with Crippen LogP contribution in [-0.4, -0.2) is 51.9 Å². The molecule has 0 spiro atoms. The van der Waals surface area contributed by atoms with E-state index in [0.717, 1.165) is 37.2 Å². The van der Waals surface area contributed by atoms with Crippen LogP contribution in [0.4, 0.5) is 5.82 Å². The predicted octanol–water partition coefficient (Wildman–Crippen LogP) is 2.26. The van der Waals surface area contributed by atoms with E-state index in [0.29, 0.717) is 30.1 Å². The van der Waals surface area contributed by atoms with Crippen molar-refractivity contribution in [2.45, 2.75) is 43.0 Å². The molecule has 3 heterocycles. The summed E-state index contributed by atoms with van der Waals surface area (Å²) in [6.45, 7) is 1.03. The largest absolute Gasteiger partial charge is 0.384 e. The number of hydrogen-bond donors (Lipinski definition) is 1. The Labute approximate surface area is 152 Å². The topological polar surface area (TPSA) is 94.1 Å². The summed E-state index contributed by atoms with van der Waals surface area (Å²) in [7, 11) is -3.67. The lowest BCUT2D eigenvalue weighted by Crippen LogP contribution is -2.38. The maximum atomic E-state index is 13.3. The molecule has 25 heavy (non-hydrogen) atoms. The van der Waals surface area contributed by atoms with Crippen molar-refractivity contribution in [2.75, 3.05) is 30.3 Å². The molecule has 2 aromatic rings. The highest BCUT2D eigenvalue weighted by molar-refractivity contribution is 7.99. The van der Waals surface area contributed by atoms with E-state index in [1.807, 2.05) is 4.57 Å². The van der Waals surface area contributed by atoms with Crippen molar-refractivity contribution in [1.29, 1.82) is 0 Å². The molecular formula is C16H23N5O2S2. The second kappa shape index (κ2) is 6.77. The van der Waals surface area contributed by atoms with E-state index in [-0.39, 0.29) is 10.9 Å². The Morgan fingerprint density at radius 2 is 1.76 bits per heavy atom. The Balaban J connectivity index is 1.88. The van der Waals surface area contributed by atoms with Crippen molar-refractivity contribution in [1.82, 2.24) is 18.8 Å². The van der Waals surface area contributed by atoms with Gasteiger partial charge in [-0.1, -0.05) is 19.3 Å². The lowest BCUT2D eigenvalue weighted by atomic mass is 9.95. The van der Waals surface area contributed by atoms with E-state index in [1.165, 1.54) is 16.9 Å². The maximum Gasteiger partial charge on any atom is 0.249 e. The van der Waals surface area contributed by atoms with E-state index >= 15 is 0 Å². The van der Waals surface area contributed by atoms with E-state index in [4.69, 9.17) is 5.73 Å². The monoisotopic (exact) mass is 381 g/mol. The third-order valence-electron chi connectivity index (χ3n) is 5.12. The first kappa shape index (κ1) is 17.1. The van der Waals surface area contributed by atoms with Gasteiger partial charge in [0.1, 0.15) is 11.3 Å². The number of rotatable bonds is 3. The molecule has 2 aliphatic rings. The van der Waals surface area contributed by atoms with Crippen molar-refractivity contribution < 1.29 is 8.42 Å². The Morgan fingerprint density at radius 3 is 2.48 bits per heavy atom. The molecule has 4 rings (SSSR count). The number of anilines is 1. The fourth-order valence-corrected chi connectivity index (χ4v) is 6.70. The molecular weight excluding hydrogens is 358 g/mol. The molecule has 1 aliphatic carbocycles. The van der Waals surface area contributed by atoms with Gasteiger partial charge < -0.3 is 10.3 Å². The average Bonchev–Trinajstić information content (AvgIpc) is 2.95. The van der Waals surface area contributed by atoms with Gasteiger partial charge >= 0.3 is 0 Å². The smallest absolute Gasteiger partial charge is 0.249 e. The van der Waals surface area contributed by atoms with E-state index in [9.17, 15) is 8.42 Å². The van der Waals surface area contributed by atoms with Crippen LogP contribution in [0.1, 0.15) is 38.1 Å². The van der Waals surface area contributed by atoms with Gasteiger partial charge in [-0.2, -0.15) is 16.1 Å². The second-order valence-corrected chi connectivity index (χ2v) is 9.72. The van der Waals surface area contributed by atoms with Crippen LogP contribution in [0.3, 0.4) is 0 Å². The summed E-state index contributed by atoms with van der Waals surface area (Å²) in [5.41, 5.74) is 7.41. The molecule has 7 nitrogen and oxygen atoms in total. The third-order valence-corrected chi connectivity index (χ3v) is 8.03. The molecule has 0 amide bonds. The van der Waals surface area contributed by atoms with Crippen LogP contribution in [0.2, 0.25) is 0 Å². The minimum absolute atomic E-state index is 0.146. The van der Waals surface area contributed by atoms with Gasteiger partial charge in [0.2, 0.25) is 10.0 Å². The van der Waals surface area contributed by atoms with Gasteiger partial charge in [-0.05, 0) is 12.8 Å². The zero-order valence-corrected chi connectivity index (χ0v) is 15.7. The zero-order chi connectivity index (χ0) is 17.4. The van der Waals surface area contributed by atoms with Gasteiger partial charge in [-0.25, -0.2) is 18.4 Å². The van der Waals surface area contributed by atoms with Crippen LogP contribution in [0.5, 0.6) is 0 Å². The number of thioether (sulfide) groups is 1. The molecule has 1 saturated heterocycles. The quantitative estimate of drug-likeness (QED) is 0.876. The highest BCUT2D eigenvalue weighted by Gasteiger charge is 2.35. The van der Waals surface area contributed by atoms with Gasteiger partial charge in [0.05, 0.1) is 0 Å². The molecule has 2 aromatic heterocycles. The first-order valence-corrected chi connectivity index (χ1v) is 11.4. The number of aromatic nitrogens is 3. The Hall–Kier alpha value is -1.32. The third kappa shape index (κ3) is 2.92. The lowest BCUT2D eigenvalue weighted by Gasteiger charge is -2.26. The molecule has 0 atom stereocenters. The summed E-state index contributed by atoms with van der Waals surface area (Å²) in [6.07, 6.45) is 8.64. The number of sulfonamides is 1. The lowest BCUT2D eigenvalue weighted by molar-refractivity contribution is 0.362. The number of nitrogen functional groups attached to an aromatic ring is 1. The van der Waals surface area contributed by atoms with Crippen LogP contribution < -0.4 is 5.73 Å². The fourth-order valence-electron chi connectivity index (χ4n) is 3.89. The molecule has 0 aromatic carbocycles. The van der Waals surface area contributed by atoms with Gasteiger partial charge in [-0.3, -0.25) is 0 Å². The molecule has 0 bridgehead atoms. The maximum absolute atomic E-state index is 13.3. The van der Waals surface area contributed by atoms with Gasteiger partial charge in [0, 0.05) is 43.0 Å². The molecule has 2 N–H and O–H groups in total. The number of nitrogens with two attached hydrogens (primary N) is 1. The van der Waals surface area contributed by atoms with Crippen molar-refractivity contribution in [3.05, 3.63) is 12.4 Å². The van der Waals surface area contributed by atoms with E-state index < -0.39 is 10.0 Å². The van der Waals surface area contributed by atoms with Gasteiger partial charge in [0.25, 0.3) is 0 Å². The minimum Gasteiger partial charge on any atom is -0.384 e. The standard InChI is InChI=1S/C16H23N5O2S2/c17-15-14(25(22,23)20-8-10-24-11-9-20)13-16(19-7-6-18-13)21(15)12-4-2-1-3-5-12/h6-7,12H,1-5,8-11,17H2. The summed E-state index contributed by atoms with van der Waals surface area (Å²) in [6, 6.07) is 0.203. The predicted molar refractivity (Wildman–Crippen MR) is 100 cm³/mol. The SMILES string of the molecule is Nc1c(S(=O)(=O)N2CCSCC2)c2nccnc2n1C1CCCCC1. The van der Waals surface area contributed by atoms with Crippen molar-refractivity contribution >= 4 is 38.8 Å². The summed E-state index contributed by atoms with van der Waals surface area (Å²) >= 11 is 1.78. The van der Waals surface area contributed by atoms with Crippen LogP contribution in [0, 0.1) is 0 Å². The van der Waals surface area contributed by atoms with Crippen LogP contribution in [0.15, 0.2) is 17.3 Å². The van der Waals surface area contributed by atoms with E-state index in [1.54, 1.807) is 18.0 Å². The zero-order valence-electron chi connectivity index (χ0n) is 14.1. The Kier molecular flexibility index (Phi) is 4.63. The van der Waals surface area contributed by atoms with Crippen LogP contribution in [-0.2, 0) is 10.0 Å². The first-order valence-electron chi connectivity index (χ1n) is 8.79. The summed E-state index contributed by atoms with van der Waals surface area (Å²) in [4.78, 5) is 8.92. The summed E-state index contributed by atoms with van der Waals surface area (Å²) in [5.74, 6) is 1.92. The van der Waals surface area contributed by atoms with Crippen molar-refractivity contribution in [3.8, 4) is 0 Å². The molecule has 0 unspecified atom stereocenters. The molecule has 136 valence electrons. The second-order valence-electron chi connectivity index (χ2n) is 6.62. The first-order chi connectivity index (χ1) is 12.1. The van der Waals surface area contributed by atoms with Gasteiger partial charge in [0.15, 0.2) is 10.5 Å². The van der Waals surface area contributed by atoms with Gasteiger partial charge in [-0.15, -0.1) is 0 Å². The normalized spacial score (nSPS) is 21.0. The number of nitrogens with zero attached hydrogens (tertiary/aromatic N) is 4. The Morgan fingerprint density at radius 1 is 1.08 bits per heavy atom. The minimum atomic E-state index is -3.67. The van der Waals surface area contributed by atoms with Crippen molar-refractivity contribution in [2.24, 2.45) is 0 Å². The van der Waals surface area contributed by atoms with Crippen LogP contribution in [0.25, 0.3) is 11.2 Å². The van der Waals surface area contributed by atoms with Crippen molar-refractivity contribution in [3.63, 3.8) is 0 Å². The summed E-state index contributed by atoms with van der Waals surface area (Å²) < 4.78 is 30.0. The molecule has 9 heteroatoms. The average molecular weight is 382 g/mol. The van der Waals surface area contributed by atoms with E-state index in [2.05, 4.69) is 9.97 Å².